The average Bonchev–Trinajstić information content (AvgIpc) is 3.04. The number of hydrogen-bond acceptors (Lipinski definition) is 4. The Hall–Kier alpha value is -2.24. The molecular formula is C17H23NO5. The Labute approximate surface area is 136 Å². The molecule has 1 saturated heterocycles. The summed E-state index contributed by atoms with van der Waals surface area (Å²) in [4.78, 5) is 25.1. The molecule has 23 heavy (non-hydrogen) atoms. The minimum atomic E-state index is -0.826. The lowest BCUT2D eigenvalue weighted by atomic mass is 9.99. The van der Waals surface area contributed by atoms with Gasteiger partial charge in [-0.05, 0) is 30.5 Å². The summed E-state index contributed by atoms with van der Waals surface area (Å²) >= 11 is 0. The highest BCUT2D eigenvalue weighted by atomic mass is 16.5. The SMILES string of the molecule is COc1ccc(CC(C)C(=O)N2CCC(C(=O)O)C2)cc1OC. The number of carbonyl (C=O) groups is 2. The van der Waals surface area contributed by atoms with E-state index in [2.05, 4.69) is 0 Å². The van der Waals surface area contributed by atoms with E-state index in [9.17, 15) is 9.59 Å². The van der Waals surface area contributed by atoms with Crippen molar-refractivity contribution in [3.05, 3.63) is 23.8 Å². The first-order valence-electron chi connectivity index (χ1n) is 7.68. The average molecular weight is 321 g/mol. The van der Waals surface area contributed by atoms with Gasteiger partial charge in [0.05, 0.1) is 20.1 Å². The summed E-state index contributed by atoms with van der Waals surface area (Å²) < 4.78 is 10.5. The molecule has 0 aliphatic carbocycles. The first-order valence-corrected chi connectivity index (χ1v) is 7.68. The first kappa shape index (κ1) is 17.1. The van der Waals surface area contributed by atoms with Gasteiger partial charge in [-0.1, -0.05) is 13.0 Å². The van der Waals surface area contributed by atoms with Crippen molar-refractivity contribution in [2.24, 2.45) is 11.8 Å². The number of nitrogens with zero attached hydrogens (tertiary/aromatic N) is 1. The van der Waals surface area contributed by atoms with Crippen LogP contribution in [0.2, 0.25) is 0 Å². The zero-order chi connectivity index (χ0) is 17.0. The number of carboxylic acid groups (broad SMARTS) is 1. The number of carboxylic acids is 1. The summed E-state index contributed by atoms with van der Waals surface area (Å²) in [6, 6.07) is 5.60. The van der Waals surface area contributed by atoms with Crippen LogP contribution in [-0.2, 0) is 16.0 Å². The van der Waals surface area contributed by atoms with E-state index in [1.54, 1.807) is 19.1 Å². The van der Waals surface area contributed by atoms with E-state index in [4.69, 9.17) is 14.6 Å². The van der Waals surface area contributed by atoms with E-state index in [1.807, 2.05) is 25.1 Å². The van der Waals surface area contributed by atoms with Crippen molar-refractivity contribution in [1.29, 1.82) is 0 Å². The summed E-state index contributed by atoms with van der Waals surface area (Å²) in [7, 11) is 3.16. The van der Waals surface area contributed by atoms with Crippen LogP contribution in [0.4, 0.5) is 0 Å². The molecule has 1 aromatic carbocycles. The zero-order valence-corrected chi connectivity index (χ0v) is 13.7. The van der Waals surface area contributed by atoms with Crippen LogP contribution in [0.15, 0.2) is 18.2 Å². The predicted molar refractivity (Wildman–Crippen MR) is 84.7 cm³/mol. The Balaban J connectivity index is 2.00. The number of methoxy groups -OCH3 is 2. The summed E-state index contributed by atoms with van der Waals surface area (Å²) in [5.41, 5.74) is 0.984. The third-order valence-corrected chi connectivity index (χ3v) is 4.26. The molecule has 1 heterocycles. The second-order valence-corrected chi connectivity index (χ2v) is 5.90. The van der Waals surface area contributed by atoms with Gasteiger partial charge < -0.3 is 19.5 Å². The van der Waals surface area contributed by atoms with E-state index in [0.29, 0.717) is 37.4 Å². The largest absolute Gasteiger partial charge is 0.493 e. The third kappa shape index (κ3) is 3.94. The maximum Gasteiger partial charge on any atom is 0.308 e. The molecule has 1 aromatic rings. The molecule has 1 amide bonds. The minimum absolute atomic E-state index is 0.00327. The monoisotopic (exact) mass is 321 g/mol. The lowest BCUT2D eigenvalue weighted by Crippen LogP contribution is -2.34. The van der Waals surface area contributed by atoms with Gasteiger partial charge in [0.2, 0.25) is 5.91 Å². The highest BCUT2D eigenvalue weighted by Gasteiger charge is 2.32. The van der Waals surface area contributed by atoms with Crippen LogP contribution in [0.5, 0.6) is 11.5 Å². The lowest BCUT2D eigenvalue weighted by Gasteiger charge is -2.21. The van der Waals surface area contributed by atoms with E-state index in [0.717, 1.165) is 5.56 Å². The number of likely N-dealkylation sites (tertiary alicyclic amines) is 1. The first-order chi connectivity index (χ1) is 11.0. The van der Waals surface area contributed by atoms with Crippen LogP contribution in [-0.4, -0.2) is 49.2 Å². The summed E-state index contributed by atoms with van der Waals surface area (Å²) in [6.45, 7) is 2.70. The molecule has 1 N–H and O–H groups in total. The second kappa shape index (κ2) is 7.35. The predicted octanol–water partition coefficient (Wildman–Crippen LogP) is 1.82. The Morgan fingerprint density at radius 2 is 2.00 bits per heavy atom. The molecule has 0 bridgehead atoms. The maximum absolute atomic E-state index is 12.5. The van der Waals surface area contributed by atoms with Crippen LogP contribution >= 0.6 is 0 Å². The van der Waals surface area contributed by atoms with E-state index in [-0.39, 0.29) is 11.8 Å². The molecule has 0 radical (unpaired) electrons. The fourth-order valence-electron chi connectivity index (χ4n) is 2.92. The number of rotatable bonds is 6. The summed E-state index contributed by atoms with van der Waals surface area (Å²) in [6.07, 6.45) is 1.11. The summed E-state index contributed by atoms with van der Waals surface area (Å²) in [5, 5.41) is 9.03. The number of aliphatic carboxylic acids is 1. The van der Waals surface area contributed by atoms with Crippen LogP contribution in [0, 0.1) is 11.8 Å². The van der Waals surface area contributed by atoms with E-state index < -0.39 is 11.9 Å². The van der Waals surface area contributed by atoms with Gasteiger partial charge in [0.25, 0.3) is 0 Å². The maximum atomic E-state index is 12.5. The molecule has 2 unspecified atom stereocenters. The van der Waals surface area contributed by atoms with Gasteiger partial charge >= 0.3 is 5.97 Å². The van der Waals surface area contributed by atoms with Crippen molar-refractivity contribution in [3.8, 4) is 11.5 Å². The van der Waals surface area contributed by atoms with Crippen molar-refractivity contribution in [1.82, 2.24) is 4.90 Å². The molecular weight excluding hydrogens is 298 g/mol. The minimum Gasteiger partial charge on any atom is -0.493 e. The molecule has 6 heteroatoms. The zero-order valence-electron chi connectivity index (χ0n) is 13.7. The van der Waals surface area contributed by atoms with Crippen LogP contribution in [0.3, 0.4) is 0 Å². The van der Waals surface area contributed by atoms with Crippen LogP contribution in [0.25, 0.3) is 0 Å². The molecule has 2 rings (SSSR count). The molecule has 126 valence electrons. The Morgan fingerprint density at radius 1 is 1.30 bits per heavy atom. The van der Waals surface area contributed by atoms with Crippen molar-refractivity contribution in [2.75, 3.05) is 27.3 Å². The Bertz CT molecular complexity index is 586. The fraction of sp³-hybridized carbons (Fsp3) is 0.529. The van der Waals surface area contributed by atoms with Gasteiger partial charge in [-0.3, -0.25) is 9.59 Å². The van der Waals surface area contributed by atoms with E-state index >= 15 is 0 Å². The molecule has 0 spiro atoms. The van der Waals surface area contributed by atoms with Gasteiger partial charge in [-0.25, -0.2) is 0 Å². The Kier molecular flexibility index (Phi) is 5.47. The van der Waals surface area contributed by atoms with Gasteiger partial charge in [-0.2, -0.15) is 0 Å². The van der Waals surface area contributed by atoms with Crippen LogP contribution < -0.4 is 9.47 Å². The van der Waals surface area contributed by atoms with Gasteiger partial charge in [0.1, 0.15) is 0 Å². The molecule has 0 saturated carbocycles. The third-order valence-electron chi connectivity index (χ3n) is 4.26. The number of amides is 1. The highest BCUT2D eigenvalue weighted by molar-refractivity contribution is 5.80. The molecule has 1 aliphatic rings. The molecule has 2 atom stereocenters. The smallest absolute Gasteiger partial charge is 0.308 e. The van der Waals surface area contributed by atoms with Gasteiger partial charge in [0.15, 0.2) is 11.5 Å². The van der Waals surface area contributed by atoms with Crippen LogP contribution in [0.1, 0.15) is 18.9 Å². The van der Waals surface area contributed by atoms with Crippen molar-refractivity contribution < 1.29 is 24.2 Å². The summed E-state index contributed by atoms with van der Waals surface area (Å²) in [5.74, 6) is -0.180. The topological polar surface area (TPSA) is 76.1 Å². The Morgan fingerprint density at radius 3 is 2.57 bits per heavy atom. The van der Waals surface area contributed by atoms with E-state index in [1.165, 1.54) is 0 Å². The molecule has 1 aliphatic heterocycles. The number of benzene rings is 1. The normalized spacial score (nSPS) is 18.6. The fourth-order valence-corrected chi connectivity index (χ4v) is 2.92. The van der Waals surface area contributed by atoms with Gasteiger partial charge in [-0.15, -0.1) is 0 Å². The lowest BCUT2D eigenvalue weighted by molar-refractivity contribution is -0.141. The molecule has 1 fully saturated rings. The molecule has 0 aromatic heterocycles. The molecule has 6 nitrogen and oxygen atoms in total. The van der Waals surface area contributed by atoms with Crippen molar-refractivity contribution >= 4 is 11.9 Å². The quantitative estimate of drug-likeness (QED) is 0.865. The number of hydrogen-bond donors (Lipinski definition) is 1. The number of ether oxygens (including phenoxy) is 2. The van der Waals surface area contributed by atoms with Crippen molar-refractivity contribution in [3.63, 3.8) is 0 Å². The standard InChI is InChI=1S/C17H23NO5/c1-11(16(19)18-7-6-13(10-18)17(20)21)8-12-4-5-14(22-2)15(9-12)23-3/h4-5,9,11,13H,6-8,10H2,1-3H3,(H,20,21). The van der Waals surface area contributed by atoms with Gasteiger partial charge in [0, 0.05) is 19.0 Å². The highest BCUT2D eigenvalue weighted by Crippen LogP contribution is 2.29. The number of carbonyl (C=O) groups excluding carboxylic acids is 1. The van der Waals surface area contributed by atoms with Crippen molar-refractivity contribution in [2.45, 2.75) is 19.8 Å². The second-order valence-electron chi connectivity index (χ2n) is 5.90.